The molecule has 2 aromatic rings. The maximum Gasteiger partial charge on any atom is 0.496 e. The Labute approximate surface area is 145 Å². The Morgan fingerprint density at radius 2 is 1.44 bits per heavy atom. The molecule has 0 saturated carbocycles. The van der Waals surface area contributed by atoms with Crippen molar-refractivity contribution in [1.29, 1.82) is 0 Å². The minimum atomic E-state index is -4.34. The van der Waals surface area contributed by atoms with Crippen molar-refractivity contribution >= 4 is 12.6 Å². The number of halogens is 3. The van der Waals surface area contributed by atoms with Gasteiger partial charge >= 0.3 is 13.3 Å². The molecule has 1 aliphatic heterocycles. The van der Waals surface area contributed by atoms with Crippen LogP contribution in [0.2, 0.25) is 0 Å². The summed E-state index contributed by atoms with van der Waals surface area (Å²) in [6.45, 7) is 7.88. The molecule has 132 valence electrons. The van der Waals surface area contributed by atoms with Gasteiger partial charge in [0.25, 0.3) is 0 Å². The van der Waals surface area contributed by atoms with Gasteiger partial charge in [0.2, 0.25) is 0 Å². The van der Waals surface area contributed by atoms with E-state index >= 15 is 0 Å². The van der Waals surface area contributed by atoms with E-state index in [9.17, 15) is 13.2 Å². The van der Waals surface area contributed by atoms with Crippen molar-refractivity contribution in [3.63, 3.8) is 0 Å². The summed E-state index contributed by atoms with van der Waals surface area (Å²) in [7, 11) is -0.515. The SMILES string of the molecule is CC1(C)OB(c2ccc(-c3ccc(C(F)(F)F)cc3)nc2)OC1(C)C. The third kappa shape index (κ3) is 3.44. The summed E-state index contributed by atoms with van der Waals surface area (Å²) < 4.78 is 49.8. The summed E-state index contributed by atoms with van der Waals surface area (Å²) in [5.74, 6) is 0. The van der Waals surface area contributed by atoms with E-state index in [0.29, 0.717) is 11.3 Å². The number of hydrogen-bond acceptors (Lipinski definition) is 3. The number of pyridine rings is 1. The Kier molecular flexibility index (Phi) is 4.20. The van der Waals surface area contributed by atoms with Crippen molar-refractivity contribution in [2.24, 2.45) is 0 Å². The third-order valence-corrected chi connectivity index (χ3v) is 4.82. The largest absolute Gasteiger partial charge is 0.496 e. The second-order valence-electron chi connectivity index (χ2n) is 7.14. The monoisotopic (exact) mass is 349 g/mol. The van der Waals surface area contributed by atoms with E-state index in [1.54, 1.807) is 12.3 Å². The first kappa shape index (κ1) is 18.0. The smallest absolute Gasteiger partial charge is 0.399 e. The predicted octanol–water partition coefficient (Wildman–Crippen LogP) is 4.07. The van der Waals surface area contributed by atoms with Crippen molar-refractivity contribution in [2.75, 3.05) is 0 Å². The minimum absolute atomic E-state index is 0.441. The van der Waals surface area contributed by atoms with Crippen LogP contribution in [0.5, 0.6) is 0 Å². The highest BCUT2D eigenvalue weighted by molar-refractivity contribution is 6.62. The number of aromatic nitrogens is 1. The highest BCUT2D eigenvalue weighted by Crippen LogP contribution is 2.36. The second-order valence-corrected chi connectivity index (χ2v) is 7.14. The molecule has 0 aliphatic carbocycles. The Hall–Kier alpha value is -1.86. The molecule has 7 heteroatoms. The molecule has 3 rings (SSSR count). The van der Waals surface area contributed by atoms with Crippen LogP contribution < -0.4 is 5.46 Å². The summed E-state index contributed by atoms with van der Waals surface area (Å²) in [5, 5.41) is 0. The molecule has 1 aromatic heterocycles. The van der Waals surface area contributed by atoms with Gasteiger partial charge in [0, 0.05) is 17.2 Å². The van der Waals surface area contributed by atoms with Crippen molar-refractivity contribution < 1.29 is 22.5 Å². The highest BCUT2D eigenvalue weighted by Gasteiger charge is 2.51. The van der Waals surface area contributed by atoms with Crippen LogP contribution >= 0.6 is 0 Å². The number of rotatable bonds is 2. The first-order chi connectivity index (χ1) is 11.5. The van der Waals surface area contributed by atoms with Crippen LogP contribution in [0.1, 0.15) is 33.3 Å². The van der Waals surface area contributed by atoms with Crippen LogP contribution in [0.15, 0.2) is 42.6 Å². The average Bonchev–Trinajstić information content (AvgIpc) is 2.75. The van der Waals surface area contributed by atoms with E-state index in [0.717, 1.165) is 17.6 Å². The van der Waals surface area contributed by atoms with E-state index in [4.69, 9.17) is 9.31 Å². The van der Waals surface area contributed by atoms with Gasteiger partial charge in [-0.05, 0) is 45.9 Å². The van der Waals surface area contributed by atoms with Gasteiger partial charge in [-0.15, -0.1) is 0 Å². The molecule has 1 saturated heterocycles. The highest BCUT2D eigenvalue weighted by atomic mass is 19.4. The van der Waals surface area contributed by atoms with Crippen LogP contribution in [0, 0.1) is 0 Å². The zero-order valence-electron chi connectivity index (χ0n) is 14.5. The molecule has 0 N–H and O–H groups in total. The van der Waals surface area contributed by atoms with E-state index in [-0.39, 0.29) is 0 Å². The van der Waals surface area contributed by atoms with Crippen LogP contribution in [0.4, 0.5) is 13.2 Å². The lowest BCUT2D eigenvalue weighted by atomic mass is 9.80. The quantitative estimate of drug-likeness (QED) is 0.766. The van der Waals surface area contributed by atoms with Gasteiger partial charge in [-0.2, -0.15) is 13.2 Å². The fourth-order valence-electron chi connectivity index (χ4n) is 2.52. The predicted molar refractivity (Wildman–Crippen MR) is 90.4 cm³/mol. The Bertz CT molecular complexity index is 739. The van der Waals surface area contributed by atoms with Gasteiger partial charge in [-0.3, -0.25) is 4.98 Å². The van der Waals surface area contributed by atoms with Gasteiger partial charge in [0.15, 0.2) is 0 Å². The summed E-state index contributed by atoms with van der Waals surface area (Å²) in [6.07, 6.45) is -2.71. The number of alkyl halides is 3. The van der Waals surface area contributed by atoms with Crippen molar-refractivity contribution in [3.8, 4) is 11.3 Å². The topological polar surface area (TPSA) is 31.4 Å². The molecule has 3 nitrogen and oxygen atoms in total. The average molecular weight is 349 g/mol. The van der Waals surface area contributed by atoms with Gasteiger partial charge in [-0.25, -0.2) is 0 Å². The van der Waals surface area contributed by atoms with Gasteiger partial charge < -0.3 is 9.31 Å². The molecule has 0 amide bonds. The summed E-state index contributed by atoms with van der Waals surface area (Å²) in [4.78, 5) is 4.34. The number of benzene rings is 1. The Morgan fingerprint density at radius 1 is 0.880 bits per heavy atom. The zero-order valence-corrected chi connectivity index (χ0v) is 14.5. The first-order valence-electron chi connectivity index (χ1n) is 7.99. The van der Waals surface area contributed by atoms with E-state index in [1.807, 2.05) is 33.8 Å². The molecule has 1 aromatic carbocycles. The standard InChI is InChI=1S/C18H19BF3NO2/c1-16(2)17(3,4)25-19(24-16)14-9-10-15(23-11-14)12-5-7-13(8-6-12)18(20,21)22/h5-11H,1-4H3. The van der Waals surface area contributed by atoms with Crippen LogP contribution in [0.25, 0.3) is 11.3 Å². The van der Waals surface area contributed by atoms with Crippen LogP contribution in [-0.4, -0.2) is 23.3 Å². The molecule has 1 fully saturated rings. The van der Waals surface area contributed by atoms with Gasteiger partial charge in [0.1, 0.15) is 0 Å². The number of nitrogens with zero attached hydrogens (tertiary/aromatic N) is 1. The molecule has 0 atom stereocenters. The van der Waals surface area contributed by atoms with Gasteiger partial charge in [0.05, 0.1) is 22.5 Å². The van der Waals surface area contributed by atoms with Crippen molar-refractivity contribution in [2.45, 2.75) is 45.1 Å². The summed E-state index contributed by atoms with van der Waals surface area (Å²) >= 11 is 0. The van der Waals surface area contributed by atoms with Crippen molar-refractivity contribution in [1.82, 2.24) is 4.98 Å². The molecule has 1 aliphatic rings. The van der Waals surface area contributed by atoms with Crippen LogP contribution in [-0.2, 0) is 15.5 Å². The zero-order chi connectivity index (χ0) is 18.5. The summed E-state index contributed by atoms with van der Waals surface area (Å²) in [6, 6.07) is 8.52. The lowest BCUT2D eigenvalue weighted by Gasteiger charge is -2.32. The molecule has 0 unspecified atom stereocenters. The fourth-order valence-corrected chi connectivity index (χ4v) is 2.52. The Balaban J connectivity index is 1.79. The van der Waals surface area contributed by atoms with Crippen molar-refractivity contribution in [3.05, 3.63) is 48.2 Å². The van der Waals surface area contributed by atoms with E-state index < -0.39 is 30.1 Å². The maximum atomic E-state index is 12.6. The molecule has 25 heavy (non-hydrogen) atoms. The minimum Gasteiger partial charge on any atom is -0.399 e. The third-order valence-electron chi connectivity index (χ3n) is 4.82. The molecular weight excluding hydrogens is 330 g/mol. The molecule has 0 bridgehead atoms. The molecular formula is C18H19BF3NO2. The molecule has 0 radical (unpaired) electrons. The summed E-state index contributed by atoms with van der Waals surface area (Å²) in [5.41, 5.74) is 0.426. The fraction of sp³-hybridized carbons (Fsp3) is 0.389. The molecule has 2 heterocycles. The lowest BCUT2D eigenvalue weighted by Crippen LogP contribution is -2.41. The maximum absolute atomic E-state index is 12.6. The van der Waals surface area contributed by atoms with E-state index in [2.05, 4.69) is 4.98 Å². The first-order valence-corrected chi connectivity index (χ1v) is 7.99. The second kappa shape index (κ2) is 5.85. The Morgan fingerprint density at radius 3 is 1.88 bits per heavy atom. The normalized spacial score (nSPS) is 19.2. The molecule has 0 spiro atoms. The van der Waals surface area contributed by atoms with Crippen LogP contribution in [0.3, 0.4) is 0 Å². The number of hydrogen-bond donors (Lipinski definition) is 0. The van der Waals surface area contributed by atoms with Gasteiger partial charge in [-0.1, -0.05) is 18.2 Å². The van der Waals surface area contributed by atoms with E-state index in [1.165, 1.54) is 12.1 Å². The lowest BCUT2D eigenvalue weighted by molar-refractivity contribution is -0.137.